The van der Waals surface area contributed by atoms with Gasteiger partial charge >= 0.3 is 6.18 Å². The molecule has 2 atom stereocenters. The van der Waals surface area contributed by atoms with Crippen molar-refractivity contribution in [2.75, 3.05) is 17.8 Å². The summed E-state index contributed by atoms with van der Waals surface area (Å²) in [5.74, 6) is 0.650. The molecule has 1 heterocycles. The maximum absolute atomic E-state index is 12.6. The smallest absolute Gasteiger partial charge is 0.316 e. The number of benzene rings is 2. The summed E-state index contributed by atoms with van der Waals surface area (Å²) in [6.07, 6.45) is -3.35. The van der Waals surface area contributed by atoms with Gasteiger partial charge < -0.3 is 5.32 Å². The van der Waals surface area contributed by atoms with Crippen LogP contribution in [0.25, 0.3) is 0 Å². The predicted molar refractivity (Wildman–Crippen MR) is 91.3 cm³/mol. The van der Waals surface area contributed by atoms with Crippen molar-refractivity contribution in [3.63, 3.8) is 0 Å². The van der Waals surface area contributed by atoms with E-state index >= 15 is 0 Å². The monoisotopic (exact) mass is 382 g/mol. The van der Waals surface area contributed by atoms with Gasteiger partial charge in [-0.25, -0.2) is 8.42 Å². The first-order valence-corrected chi connectivity index (χ1v) is 9.70. The van der Waals surface area contributed by atoms with Gasteiger partial charge in [-0.15, -0.1) is 0 Å². The molecule has 1 saturated carbocycles. The molecule has 0 bridgehead atoms. The van der Waals surface area contributed by atoms with Crippen molar-refractivity contribution in [1.29, 1.82) is 0 Å². The minimum absolute atomic E-state index is 0.185. The Bertz CT molecular complexity index is 924. The van der Waals surface area contributed by atoms with Gasteiger partial charge in [-0.3, -0.25) is 4.72 Å². The summed E-state index contributed by atoms with van der Waals surface area (Å²) in [6, 6.07) is 10.7. The Hall–Kier alpha value is -2.06. The van der Waals surface area contributed by atoms with Crippen LogP contribution in [0.4, 0.5) is 18.9 Å². The lowest BCUT2D eigenvalue weighted by atomic mass is 9.95. The number of fused-ring (bicyclic) bond motifs is 1. The highest BCUT2D eigenvalue weighted by Crippen LogP contribution is 2.56. The Kier molecular flexibility index (Phi) is 3.82. The summed E-state index contributed by atoms with van der Waals surface area (Å²) >= 11 is 0. The Labute approximate surface area is 149 Å². The molecule has 1 aliphatic carbocycles. The van der Waals surface area contributed by atoms with E-state index in [1.165, 1.54) is 5.56 Å². The van der Waals surface area contributed by atoms with Gasteiger partial charge in [0.05, 0.1) is 10.5 Å². The number of nitrogens with one attached hydrogen (secondary N) is 2. The van der Waals surface area contributed by atoms with E-state index < -0.39 is 21.8 Å². The van der Waals surface area contributed by atoms with E-state index in [4.69, 9.17) is 0 Å². The first kappa shape index (κ1) is 17.4. The normalized spacial score (nSPS) is 25.0. The van der Waals surface area contributed by atoms with E-state index in [1.807, 2.05) is 12.1 Å². The lowest BCUT2D eigenvalue weighted by molar-refractivity contribution is -0.137. The maximum atomic E-state index is 12.6. The second kappa shape index (κ2) is 5.72. The number of rotatable bonds is 4. The summed E-state index contributed by atoms with van der Waals surface area (Å²) in [7, 11) is -3.94. The SMILES string of the molecule is O=S(=O)(Nc1ccc(C23CNC[C@H]2C3)cc1)c1ccc(C(F)(F)F)cc1. The molecular weight excluding hydrogens is 365 g/mol. The highest BCUT2D eigenvalue weighted by atomic mass is 32.2. The van der Waals surface area contributed by atoms with Crippen LogP contribution < -0.4 is 10.0 Å². The van der Waals surface area contributed by atoms with Crippen LogP contribution in [-0.2, 0) is 21.6 Å². The van der Waals surface area contributed by atoms with Gasteiger partial charge in [-0.05, 0) is 60.8 Å². The number of sulfonamides is 1. The van der Waals surface area contributed by atoms with Crippen molar-refractivity contribution in [1.82, 2.24) is 5.32 Å². The van der Waals surface area contributed by atoms with Gasteiger partial charge in [-0.1, -0.05) is 12.1 Å². The number of anilines is 1. The molecule has 26 heavy (non-hydrogen) atoms. The van der Waals surface area contributed by atoms with Gasteiger partial charge in [0.1, 0.15) is 0 Å². The van der Waals surface area contributed by atoms with Crippen LogP contribution in [0.5, 0.6) is 0 Å². The van der Waals surface area contributed by atoms with E-state index in [0.717, 1.165) is 43.8 Å². The molecule has 0 amide bonds. The Morgan fingerprint density at radius 3 is 2.19 bits per heavy atom. The zero-order chi connectivity index (χ0) is 18.6. The van der Waals surface area contributed by atoms with Crippen LogP contribution in [0.1, 0.15) is 17.5 Å². The summed E-state index contributed by atoms with van der Waals surface area (Å²) in [4.78, 5) is -0.213. The predicted octanol–water partition coefficient (Wildman–Crippen LogP) is 3.37. The van der Waals surface area contributed by atoms with Gasteiger partial charge in [0.15, 0.2) is 0 Å². The molecule has 2 fully saturated rings. The third-order valence-corrected chi connectivity index (χ3v) is 6.66. The van der Waals surface area contributed by atoms with Crippen molar-refractivity contribution in [2.45, 2.75) is 22.9 Å². The van der Waals surface area contributed by atoms with Gasteiger partial charge in [0.2, 0.25) is 0 Å². The third-order valence-electron chi connectivity index (χ3n) is 5.27. The van der Waals surface area contributed by atoms with Crippen molar-refractivity contribution in [3.05, 3.63) is 59.7 Å². The largest absolute Gasteiger partial charge is 0.416 e. The van der Waals surface area contributed by atoms with Crippen LogP contribution in [0, 0.1) is 5.92 Å². The molecule has 1 unspecified atom stereocenters. The Balaban J connectivity index is 1.51. The van der Waals surface area contributed by atoms with Crippen molar-refractivity contribution >= 4 is 15.7 Å². The number of alkyl halides is 3. The zero-order valence-electron chi connectivity index (χ0n) is 13.7. The van der Waals surface area contributed by atoms with E-state index in [0.29, 0.717) is 11.6 Å². The number of piperidine rings is 1. The van der Waals surface area contributed by atoms with E-state index in [2.05, 4.69) is 10.0 Å². The van der Waals surface area contributed by atoms with Crippen LogP contribution in [0.3, 0.4) is 0 Å². The molecule has 0 radical (unpaired) electrons. The molecule has 2 aromatic carbocycles. The fourth-order valence-corrected chi connectivity index (χ4v) is 4.76. The number of hydrogen-bond acceptors (Lipinski definition) is 3. The quantitative estimate of drug-likeness (QED) is 0.853. The highest BCUT2D eigenvalue weighted by molar-refractivity contribution is 7.92. The number of halogens is 3. The summed E-state index contributed by atoms with van der Waals surface area (Å²) in [5.41, 5.74) is 0.868. The third kappa shape index (κ3) is 2.97. The fraction of sp³-hybridized carbons (Fsp3) is 0.333. The topological polar surface area (TPSA) is 58.2 Å². The zero-order valence-corrected chi connectivity index (χ0v) is 14.5. The molecule has 8 heteroatoms. The standard InChI is InChI=1S/C18H17F3N2O2S/c19-18(20,21)13-3-7-16(8-4-13)26(24,25)23-15-5-1-12(2-6-15)17-9-14(17)10-22-11-17/h1-8,14,22-23H,9-11H2/t14-,17?/m1/s1. The average Bonchev–Trinajstić information content (AvgIpc) is 3.15. The second-order valence-electron chi connectivity index (χ2n) is 6.89. The van der Waals surface area contributed by atoms with Gasteiger partial charge in [-0.2, -0.15) is 13.2 Å². The van der Waals surface area contributed by atoms with Crippen LogP contribution >= 0.6 is 0 Å². The first-order valence-electron chi connectivity index (χ1n) is 8.22. The van der Waals surface area contributed by atoms with Crippen molar-refractivity contribution < 1.29 is 21.6 Å². The van der Waals surface area contributed by atoms with Crippen LogP contribution in [0.15, 0.2) is 53.4 Å². The Morgan fingerprint density at radius 2 is 1.69 bits per heavy atom. The molecule has 0 spiro atoms. The molecule has 4 rings (SSSR count). The molecule has 2 N–H and O–H groups in total. The Morgan fingerprint density at radius 1 is 1.04 bits per heavy atom. The molecule has 2 aromatic rings. The maximum Gasteiger partial charge on any atom is 0.416 e. The van der Waals surface area contributed by atoms with Crippen molar-refractivity contribution in [2.24, 2.45) is 5.92 Å². The summed E-state index contributed by atoms with van der Waals surface area (Å²) < 4.78 is 64.9. The van der Waals surface area contributed by atoms with E-state index in [9.17, 15) is 21.6 Å². The average molecular weight is 382 g/mol. The minimum Gasteiger partial charge on any atom is -0.316 e. The molecule has 0 aromatic heterocycles. The fourth-order valence-electron chi connectivity index (χ4n) is 3.70. The lowest BCUT2D eigenvalue weighted by Crippen LogP contribution is -2.19. The minimum atomic E-state index is -4.50. The summed E-state index contributed by atoms with van der Waals surface area (Å²) in [6.45, 7) is 1.95. The first-order chi connectivity index (χ1) is 12.2. The highest BCUT2D eigenvalue weighted by Gasteiger charge is 2.57. The lowest BCUT2D eigenvalue weighted by Gasteiger charge is -2.14. The van der Waals surface area contributed by atoms with Gasteiger partial charge in [0.25, 0.3) is 10.0 Å². The number of hydrogen-bond donors (Lipinski definition) is 2. The van der Waals surface area contributed by atoms with Crippen molar-refractivity contribution in [3.8, 4) is 0 Å². The molecule has 1 saturated heterocycles. The van der Waals surface area contributed by atoms with Crippen LogP contribution in [-0.4, -0.2) is 21.5 Å². The molecule has 1 aliphatic heterocycles. The molecule has 138 valence electrons. The van der Waals surface area contributed by atoms with Gasteiger partial charge in [0, 0.05) is 17.6 Å². The second-order valence-corrected chi connectivity index (χ2v) is 8.58. The van der Waals surface area contributed by atoms with E-state index in [1.54, 1.807) is 12.1 Å². The molecule has 2 aliphatic rings. The van der Waals surface area contributed by atoms with Crippen LogP contribution in [0.2, 0.25) is 0 Å². The van der Waals surface area contributed by atoms with E-state index in [-0.39, 0.29) is 10.3 Å². The summed E-state index contributed by atoms with van der Waals surface area (Å²) in [5, 5.41) is 3.36. The molecule has 4 nitrogen and oxygen atoms in total. The molecular formula is C18H17F3N2O2S.